The lowest BCUT2D eigenvalue weighted by molar-refractivity contribution is 0.202. The molecule has 20 heavy (non-hydrogen) atoms. The first-order chi connectivity index (χ1) is 9.86. The first-order valence-corrected chi connectivity index (χ1v) is 7.34. The first-order valence-electron chi connectivity index (χ1n) is 7.34. The van der Waals surface area contributed by atoms with Gasteiger partial charge in [-0.05, 0) is 31.9 Å². The van der Waals surface area contributed by atoms with Gasteiger partial charge in [-0.25, -0.2) is 0 Å². The Morgan fingerprint density at radius 3 is 3.15 bits per heavy atom. The van der Waals surface area contributed by atoms with Crippen LogP contribution in [0.3, 0.4) is 0 Å². The lowest BCUT2D eigenvalue weighted by Gasteiger charge is -2.33. The highest BCUT2D eigenvalue weighted by Crippen LogP contribution is 2.15. The molecule has 1 aliphatic heterocycles. The van der Waals surface area contributed by atoms with Crippen molar-refractivity contribution in [3.63, 3.8) is 0 Å². The number of piperidine rings is 1. The smallest absolute Gasteiger partial charge is 0.0918 e. The second-order valence-electron chi connectivity index (χ2n) is 5.43. The average molecular weight is 276 g/mol. The fourth-order valence-electron chi connectivity index (χ4n) is 2.89. The minimum absolute atomic E-state index is 0.224. The Labute approximate surface area is 118 Å². The fourth-order valence-corrected chi connectivity index (χ4v) is 2.89. The van der Waals surface area contributed by atoms with Crippen molar-refractivity contribution < 1.29 is 4.39 Å². The summed E-state index contributed by atoms with van der Waals surface area (Å²) < 4.78 is 12.3. The van der Waals surface area contributed by atoms with Crippen molar-refractivity contribution in [3.8, 4) is 0 Å². The van der Waals surface area contributed by atoms with Gasteiger partial charge in [0.1, 0.15) is 0 Å². The molecule has 0 spiro atoms. The summed E-state index contributed by atoms with van der Waals surface area (Å²) in [5.74, 6) is 0. The Hall–Kier alpha value is -1.62. The number of aromatic nitrogens is 2. The molecule has 1 aromatic heterocycles. The van der Waals surface area contributed by atoms with Gasteiger partial charge in [-0.3, -0.25) is 4.39 Å². The summed E-state index contributed by atoms with van der Waals surface area (Å²) in [5.41, 5.74) is 4.59. The zero-order chi connectivity index (χ0) is 13.8. The highest BCUT2D eigenvalue weighted by molar-refractivity contribution is 5.78. The van der Waals surface area contributed by atoms with Gasteiger partial charge in [0.15, 0.2) is 0 Å². The van der Waals surface area contributed by atoms with Crippen molar-refractivity contribution in [2.45, 2.75) is 25.3 Å². The van der Waals surface area contributed by atoms with Gasteiger partial charge in [0.2, 0.25) is 0 Å². The number of nitrogens with zero attached hydrogens (tertiary/aromatic N) is 3. The van der Waals surface area contributed by atoms with Gasteiger partial charge in [0.25, 0.3) is 0 Å². The highest BCUT2D eigenvalue weighted by atomic mass is 19.1. The predicted octanol–water partition coefficient (Wildman–Crippen LogP) is 2.40. The standard InChI is InChI=1S/C15H21FN4/c16-8-4-10-19-9-3-6-14(12-19)18-20-15-7-2-1-5-13(15)11-17-20/h1-2,5,7,11,14,18H,3-4,6,8-10,12H2. The van der Waals surface area contributed by atoms with Crippen molar-refractivity contribution in [1.82, 2.24) is 14.8 Å². The molecule has 108 valence electrons. The maximum Gasteiger partial charge on any atom is 0.0918 e. The molecule has 2 aromatic rings. The molecule has 3 rings (SSSR count). The molecule has 1 unspecified atom stereocenters. The number of hydrogen-bond donors (Lipinski definition) is 1. The minimum atomic E-state index is -0.224. The summed E-state index contributed by atoms with van der Waals surface area (Å²) in [6.45, 7) is 2.68. The normalized spacial score (nSPS) is 20.4. The van der Waals surface area contributed by atoms with Crippen molar-refractivity contribution >= 4 is 10.9 Å². The van der Waals surface area contributed by atoms with Crippen LogP contribution in [0, 0.1) is 0 Å². The molecule has 5 heteroatoms. The Bertz CT molecular complexity index is 554. The second kappa shape index (κ2) is 6.22. The van der Waals surface area contributed by atoms with Crippen LogP contribution >= 0.6 is 0 Å². The molecule has 4 nitrogen and oxygen atoms in total. The topological polar surface area (TPSA) is 33.1 Å². The molecule has 1 aromatic carbocycles. The van der Waals surface area contributed by atoms with Crippen LogP contribution in [0.25, 0.3) is 10.9 Å². The van der Waals surface area contributed by atoms with E-state index in [4.69, 9.17) is 0 Å². The van der Waals surface area contributed by atoms with Crippen LogP contribution in [0.1, 0.15) is 19.3 Å². The predicted molar refractivity (Wildman–Crippen MR) is 79.1 cm³/mol. The molecule has 2 heterocycles. The van der Waals surface area contributed by atoms with E-state index in [0.717, 1.165) is 43.4 Å². The number of fused-ring (bicyclic) bond motifs is 1. The maximum absolute atomic E-state index is 12.3. The summed E-state index contributed by atoms with van der Waals surface area (Å²) in [6.07, 6.45) is 4.81. The van der Waals surface area contributed by atoms with E-state index < -0.39 is 0 Å². The fraction of sp³-hybridized carbons (Fsp3) is 0.533. The number of benzene rings is 1. The molecule has 0 saturated carbocycles. The summed E-state index contributed by atoms with van der Waals surface area (Å²) in [7, 11) is 0. The number of rotatable bonds is 5. The second-order valence-corrected chi connectivity index (χ2v) is 5.43. The molecule has 1 aliphatic rings. The lowest BCUT2D eigenvalue weighted by Crippen LogP contribution is -2.45. The third kappa shape index (κ3) is 2.93. The molecule has 1 fully saturated rings. The van der Waals surface area contributed by atoms with Gasteiger partial charge in [-0.15, -0.1) is 0 Å². The van der Waals surface area contributed by atoms with Crippen LogP contribution in [0.4, 0.5) is 4.39 Å². The highest BCUT2D eigenvalue weighted by Gasteiger charge is 2.20. The van der Waals surface area contributed by atoms with Crippen molar-refractivity contribution in [2.75, 3.05) is 31.7 Å². The number of hydrogen-bond acceptors (Lipinski definition) is 3. The molecular weight excluding hydrogens is 255 g/mol. The average Bonchev–Trinajstić information content (AvgIpc) is 2.89. The van der Waals surface area contributed by atoms with E-state index in [1.165, 1.54) is 0 Å². The zero-order valence-corrected chi connectivity index (χ0v) is 11.6. The van der Waals surface area contributed by atoms with Crippen LogP contribution in [0.15, 0.2) is 30.5 Å². The van der Waals surface area contributed by atoms with E-state index in [0.29, 0.717) is 12.5 Å². The molecule has 0 bridgehead atoms. The summed E-state index contributed by atoms with van der Waals surface area (Å²) in [4.78, 5) is 4.21. The van der Waals surface area contributed by atoms with Crippen LogP contribution in [-0.2, 0) is 0 Å². The summed E-state index contributed by atoms with van der Waals surface area (Å²) >= 11 is 0. The SMILES string of the molecule is FCCCN1CCCC(Nn2ncc3ccccc32)C1. The number of halogens is 1. The Morgan fingerprint density at radius 1 is 1.35 bits per heavy atom. The van der Waals surface area contributed by atoms with E-state index in [1.807, 2.05) is 23.1 Å². The summed E-state index contributed by atoms with van der Waals surface area (Å²) in [5, 5.41) is 5.55. The van der Waals surface area contributed by atoms with Crippen LogP contribution in [-0.4, -0.2) is 47.1 Å². The largest absolute Gasteiger partial charge is 0.305 e. The van der Waals surface area contributed by atoms with E-state index >= 15 is 0 Å². The maximum atomic E-state index is 12.3. The summed E-state index contributed by atoms with van der Waals surface area (Å²) in [6, 6.07) is 8.56. The third-order valence-electron chi connectivity index (χ3n) is 3.90. The monoisotopic (exact) mass is 276 g/mol. The Morgan fingerprint density at radius 2 is 2.25 bits per heavy atom. The number of para-hydroxylation sites is 1. The van der Waals surface area contributed by atoms with E-state index in [9.17, 15) is 4.39 Å². The van der Waals surface area contributed by atoms with Crippen molar-refractivity contribution in [3.05, 3.63) is 30.5 Å². The van der Waals surface area contributed by atoms with Crippen LogP contribution in [0.2, 0.25) is 0 Å². The molecular formula is C15H21FN4. The number of alkyl halides is 1. The Balaban J connectivity index is 1.65. The molecule has 1 atom stereocenters. The van der Waals surface area contributed by atoms with Gasteiger partial charge in [-0.2, -0.15) is 9.89 Å². The molecule has 0 radical (unpaired) electrons. The first kappa shape index (κ1) is 13.4. The van der Waals surface area contributed by atoms with Gasteiger partial charge in [0, 0.05) is 18.5 Å². The van der Waals surface area contributed by atoms with E-state index in [2.05, 4.69) is 27.6 Å². The van der Waals surface area contributed by atoms with Gasteiger partial charge in [-0.1, -0.05) is 18.2 Å². The van der Waals surface area contributed by atoms with Crippen LogP contribution < -0.4 is 5.43 Å². The van der Waals surface area contributed by atoms with E-state index in [-0.39, 0.29) is 6.67 Å². The molecule has 1 saturated heterocycles. The van der Waals surface area contributed by atoms with Gasteiger partial charge < -0.3 is 10.3 Å². The Kier molecular flexibility index (Phi) is 4.16. The molecule has 0 amide bonds. The lowest BCUT2D eigenvalue weighted by atomic mass is 10.1. The minimum Gasteiger partial charge on any atom is -0.305 e. The number of likely N-dealkylation sites (tertiary alicyclic amines) is 1. The van der Waals surface area contributed by atoms with Crippen molar-refractivity contribution in [2.24, 2.45) is 0 Å². The van der Waals surface area contributed by atoms with E-state index in [1.54, 1.807) is 0 Å². The van der Waals surface area contributed by atoms with Gasteiger partial charge in [0.05, 0.1) is 24.4 Å². The van der Waals surface area contributed by atoms with Gasteiger partial charge >= 0.3 is 0 Å². The number of nitrogens with one attached hydrogen (secondary N) is 1. The third-order valence-corrected chi connectivity index (χ3v) is 3.90. The zero-order valence-electron chi connectivity index (χ0n) is 11.6. The molecule has 0 aliphatic carbocycles. The van der Waals surface area contributed by atoms with Crippen molar-refractivity contribution in [1.29, 1.82) is 0 Å². The molecule has 1 N–H and O–H groups in total. The van der Waals surface area contributed by atoms with Crippen LogP contribution in [0.5, 0.6) is 0 Å². The quantitative estimate of drug-likeness (QED) is 0.910.